The van der Waals surface area contributed by atoms with Gasteiger partial charge in [-0.05, 0) is 25.0 Å². The van der Waals surface area contributed by atoms with Gasteiger partial charge in [0.25, 0.3) is 5.91 Å². The van der Waals surface area contributed by atoms with Crippen LogP contribution in [0.1, 0.15) is 23.0 Å². The van der Waals surface area contributed by atoms with Crippen molar-refractivity contribution < 1.29 is 4.79 Å². The molecular formula is C18H22N6O. The highest BCUT2D eigenvalue weighted by molar-refractivity contribution is 5.91. The second-order valence-corrected chi connectivity index (χ2v) is 5.76. The highest BCUT2D eigenvalue weighted by Gasteiger charge is 2.17. The Morgan fingerprint density at radius 1 is 1.12 bits per heavy atom. The topological polar surface area (TPSA) is 68.8 Å². The van der Waals surface area contributed by atoms with Crippen molar-refractivity contribution in [2.45, 2.75) is 26.4 Å². The van der Waals surface area contributed by atoms with E-state index in [2.05, 4.69) is 27.5 Å². The molecule has 0 fully saturated rings. The number of rotatable bonds is 8. The molecule has 7 nitrogen and oxygen atoms in total. The van der Waals surface area contributed by atoms with Crippen molar-refractivity contribution in [1.29, 1.82) is 0 Å². The number of nitrogens with zero attached hydrogens (tertiary/aromatic N) is 6. The Balaban J connectivity index is 1.56. The molecule has 7 heteroatoms. The molecule has 0 saturated carbocycles. The first-order valence-corrected chi connectivity index (χ1v) is 8.47. The highest BCUT2D eigenvalue weighted by Crippen LogP contribution is 2.04. The average Bonchev–Trinajstić information content (AvgIpc) is 3.33. The summed E-state index contributed by atoms with van der Waals surface area (Å²) in [6, 6.07) is 12.1. The molecule has 3 aromatic rings. The zero-order chi connectivity index (χ0) is 17.5. The van der Waals surface area contributed by atoms with Gasteiger partial charge in [0.15, 0.2) is 5.69 Å². The predicted molar refractivity (Wildman–Crippen MR) is 94.0 cm³/mol. The van der Waals surface area contributed by atoms with Crippen LogP contribution in [0.3, 0.4) is 0 Å². The van der Waals surface area contributed by atoms with Gasteiger partial charge in [0.2, 0.25) is 0 Å². The summed E-state index contributed by atoms with van der Waals surface area (Å²) in [5, 5.41) is 12.3. The summed E-state index contributed by atoms with van der Waals surface area (Å²) in [4.78, 5) is 14.4. The average molecular weight is 338 g/mol. The van der Waals surface area contributed by atoms with E-state index in [0.717, 1.165) is 6.42 Å². The minimum Gasteiger partial charge on any atom is -0.336 e. The van der Waals surface area contributed by atoms with Crippen LogP contribution in [0.25, 0.3) is 0 Å². The van der Waals surface area contributed by atoms with Crippen LogP contribution in [0.5, 0.6) is 0 Å². The SMILES string of the molecule is CCN(CCn1cccn1)C(=O)c1cn(CCc2ccccc2)nn1. The van der Waals surface area contributed by atoms with E-state index in [9.17, 15) is 4.79 Å². The number of likely N-dealkylation sites (N-methyl/N-ethyl adjacent to an activating group) is 1. The number of amides is 1. The van der Waals surface area contributed by atoms with Crippen molar-refractivity contribution in [2.75, 3.05) is 13.1 Å². The number of carbonyl (C=O) groups is 1. The van der Waals surface area contributed by atoms with E-state index in [4.69, 9.17) is 0 Å². The van der Waals surface area contributed by atoms with Gasteiger partial charge in [-0.3, -0.25) is 14.2 Å². The molecule has 1 aromatic carbocycles. The molecule has 130 valence electrons. The van der Waals surface area contributed by atoms with Crippen LogP contribution in [0.2, 0.25) is 0 Å². The van der Waals surface area contributed by atoms with Gasteiger partial charge in [0.1, 0.15) is 0 Å². The van der Waals surface area contributed by atoms with E-state index in [1.807, 2.05) is 42.1 Å². The molecule has 0 N–H and O–H groups in total. The molecule has 0 aliphatic heterocycles. The number of hydrogen-bond donors (Lipinski definition) is 0. The number of benzene rings is 1. The molecule has 0 aliphatic carbocycles. The maximum atomic E-state index is 12.6. The molecule has 1 amide bonds. The van der Waals surface area contributed by atoms with Crippen molar-refractivity contribution in [3.05, 3.63) is 66.2 Å². The van der Waals surface area contributed by atoms with E-state index in [0.29, 0.717) is 31.9 Å². The summed E-state index contributed by atoms with van der Waals surface area (Å²) < 4.78 is 3.54. The fourth-order valence-corrected chi connectivity index (χ4v) is 2.62. The Kier molecular flexibility index (Phi) is 5.56. The van der Waals surface area contributed by atoms with Crippen LogP contribution in [0.15, 0.2) is 55.0 Å². The molecule has 2 heterocycles. The Hall–Kier alpha value is -2.96. The Morgan fingerprint density at radius 3 is 2.68 bits per heavy atom. The zero-order valence-corrected chi connectivity index (χ0v) is 14.3. The molecule has 2 aromatic heterocycles. The number of aryl methyl sites for hydroxylation is 2. The van der Waals surface area contributed by atoms with Crippen LogP contribution >= 0.6 is 0 Å². The molecule has 0 spiro atoms. The predicted octanol–water partition coefficient (Wildman–Crippen LogP) is 1.88. The second kappa shape index (κ2) is 8.23. The summed E-state index contributed by atoms with van der Waals surface area (Å²) in [5.41, 5.74) is 1.62. The van der Waals surface area contributed by atoms with Gasteiger partial charge in [-0.1, -0.05) is 35.5 Å². The fraction of sp³-hybridized carbons (Fsp3) is 0.333. The Bertz CT molecular complexity index is 781. The number of aromatic nitrogens is 5. The number of carbonyl (C=O) groups excluding carboxylic acids is 1. The first-order valence-electron chi connectivity index (χ1n) is 8.47. The molecular weight excluding hydrogens is 316 g/mol. The lowest BCUT2D eigenvalue weighted by molar-refractivity contribution is 0.0751. The fourth-order valence-electron chi connectivity index (χ4n) is 2.62. The van der Waals surface area contributed by atoms with E-state index < -0.39 is 0 Å². The lowest BCUT2D eigenvalue weighted by Gasteiger charge is -2.19. The van der Waals surface area contributed by atoms with Crippen LogP contribution in [0, 0.1) is 0 Å². The van der Waals surface area contributed by atoms with Crippen molar-refractivity contribution in [2.24, 2.45) is 0 Å². The van der Waals surface area contributed by atoms with E-state index >= 15 is 0 Å². The minimum absolute atomic E-state index is 0.0967. The lowest BCUT2D eigenvalue weighted by Crippen LogP contribution is -2.34. The van der Waals surface area contributed by atoms with E-state index in [1.54, 1.807) is 22.0 Å². The summed E-state index contributed by atoms with van der Waals surface area (Å²) in [7, 11) is 0. The molecule has 0 atom stereocenters. The van der Waals surface area contributed by atoms with Gasteiger partial charge < -0.3 is 4.90 Å². The van der Waals surface area contributed by atoms with Gasteiger partial charge in [-0.2, -0.15) is 5.10 Å². The van der Waals surface area contributed by atoms with Crippen molar-refractivity contribution in [3.8, 4) is 0 Å². The standard InChI is InChI=1S/C18H22N6O/c1-2-22(13-14-23-11-6-10-19-23)18(25)17-15-24(21-20-17)12-9-16-7-4-3-5-8-16/h3-8,10-11,15H,2,9,12-14H2,1H3. The lowest BCUT2D eigenvalue weighted by atomic mass is 10.1. The van der Waals surface area contributed by atoms with Crippen LogP contribution < -0.4 is 0 Å². The van der Waals surface area contributed by atoms with E-state index in [-0.39, 0.29) is 5.91 Å². The summed E-state index contributed by atoms with van der Waals surface area (Å²) in [6.07, 6.45) is 6.20. The summed E-state index contributed by atoms with van der Waals surface area (Å²) >= 11 is 0. The van der Waals surface area contributed by atoms with Gasteiger partial charge in [-0.15, -0.1) is 5.10 Å². The Labute approximate surface area is 146 Å². The molecule has 3 rings (SSSR count). The molecule has 0 saturated heterocycles. The third-order valence-electron chi connectivity index (χ3n) is 4.06. The molecule has 0 unspecified atom stereocenters. The van der Waals surface area contributed by atoms with Gasteiger partial charge in [-0.25, -0.2) is 0 Å². The molecule has 0 bridgehead atoms. The van der Waals surface area contributed by atoms with Gasteiger partial charge in [0.05, 0.1) is 12.7 Å². The maximum Gasteiger partial charge on any atom is 0.276 e. The van der Waals surface area contributed by atoms with Crippen molar-refractivity contribution in [3.63, 3.8) is 0 Å². The maximum absolute atomic E-state index is 12.6. The molecule has 25 heavy (non-hydrogen) atoms. The van der Waals surface area contributed by atoms with Crippen LogP contribution in [-0.2, 0) is 19.5 Å². The summed E-state index contributed by atoms with van der Waals surface area (Å²) in [6.45, 7) is 4.53. The Morgan fingerprint density at radius 2 is 1.96 bits per heavy atom. The van der Waals surface area contributed by atoms with Crippen LogP contribution in [0.4, 0.5) is 0 Å². The summed E-state index contributed by atoms with van der Waals surface area (Å²) in [5.74, 6) is -0.0967. The van der Waals surface area contributed by atoms with E-state index in [1.165, 1.54) is 5.56 Å². The zero-order valence-electron chi connectivity index (χ0n) is 14.3. The third-order valence-corrected chi connectivity index (χ3v) is 4.06. The quantitative estimate of drug-likeness (QED) is 0.629. The van der Waals surface area contributed by atoms with Crippen molar-refractivity contribution >= 4 is 5.91 Å². The molecule has 0 radical (unpaired) electrons. The monoisotopic (exact) mass is 338 g/mol. The first-order chi connectivity index (χ1) is 12.3. The normalized spacial score (nSPS) is 10.8. The van der Waals surface area contributed by atoms with Crippen molar-refractivity contribution in [1.82, 2.24) is 29.7 Å². The third kappa shape index (κ3) is 4.53. The smallest absolute Gasteiger partial charge is 0.276 e. The van der Waals surface area contributed by atoms with Gasteiger partial charge >= 0.3 is 0 Å². The van der Waals surface area contributed by atoms with Gasteiger partial charge in [0, 0.05) is 32.0 Å². The number of hydrogen-bond acceptors (Lipinski definition) is 4. The highest BCUT2D eigenvalue weighted by atomic mass is 16.2. The largest absolute Gasteiger partial charge is 0.336 e. The minimum atomic E-state index is -0.0967. The first kappa shape index (κ1) is 16.9. The molecule has 0 aliphatic rings. The van der Waals surface area contributed by atoms with Crippen LogP contribution in [-0.4, -0.2) is 48.7 Å². The second-order valence-electron chi connectivity index (χ2n) is 5.76.